The van der Waals surface area contributed by atoms with E-state index in [1.54, 1.807) is 6.20 Å². The normalized spacial score (nSPS) is 15.1. The molecule has 0 N–H and O–H groups in total. The number of likely N-dealkylation sites (N-methyl/N-ethyl adjacent to an activating group) is 1. The second-order valence-corrected chi connectivity index (χ2v) is 7.34. The standard InChI is InChI=1S/C24H27N3O/c1-3-18-10-11-22-20(16-18)23(27-14-12-26(4-2)13-15-27)21(17-25-22)24(28)19-8-6-5-7-9-19/h5-11,16-17H,3-4,12-15H2,1-2H3. The average Bonchev–Trinajstić information content (AvgIpc) is 2.78. The van der Waals surface area contributed by atoms with Gasteiger partial charge < -0.3 is 9.80 Å². The minimum atomic E-state index is 0.0461. The third-order valence-corrected chi connectivity index (χ3v) is 5.73. The van der Waals surface area contributed by atoms with Crippen LogP contribution in [-0.4, -0.2) is 48.4 Å². The maximum Gasteiger partial charge on any atom is 0.196 e. The van der Waals surface area contributed by atoms with E-state index in [2.05, 4.69) is 46.8 Å². The number of aromatic nitrogens is 1. The van der Waals surface area contributed by atoms with Crippen molar-refractivity contribution in [3.63, 3.8) is 0 Å². The molecule has 1 saturated heterocycles. The van der Waals surface area contributed by atoms with Crippen molar-refractivity contribution in [2.45, 2.75) is 20.3 Å². The van der Waals surface area contributed by atoms with Crippen LogP contribution < -0.4 is 4.90 Å². The Morgan fingerprint density at radius 1 is 1.00 bits per heavy atom. The molecule has 0 radical (unpaired) electrons. The van der Waals surface area contributed by atoms with E-state index in [-0.39, 0.29) is 5.78 Å². The maximum atomic E-state index is 13.4. The molecule has 28 heavy (non-hydrogen) atoms. The number of aryl methyl sites for hydroxylation is 1. The van der Waals surface area contributed by atoms with Gasteiger partial charge in [-0.15, -0.1) is 0 Å². The van der Waals surface area contributed by atoms with Gasteiger partial charge in [0.2, 0.25) is 0 Å². The highest BCUT2D eigenvalue weighted by molar-refractivity contribution is 6.16. The summed E-state index contributed by atoms with van der Waals surface area (Å²) in [6, 6.07) is 16.0. The highest BCUT2D eigenvalue weighted by Crippen LogP contribution is 2.33. The van der Waals surface area contributed by atoms with Crippen LogP contribution in [0.5, 0.6) is 0 Å². The van der Waals surface area contributed by atoms with Crippen LogP contribution in [0, 0.1) is 0 Å². The number of carbonyl (C=O) groups excluding carboxylic acids is 1. The molecule has 1 aromatic heterocycles. The maximum absolute atomic E-state index is 13.4. The van der Waals surface area contributed by atoms with Gasteiger partial charge in [0.1, 0.15) is 0 Å². The molecule has 4 rings (SSSR count). The number of pyridine rings is 1. The minimum Gasteiger partial charge on any atom is -0.368 e. The number of carbonyl (C=O) groups is 1. The first-order chi connectivity index (χ1) is 13.7. The van der Waals surface area contributed by atoms with Gasteiger partial charge in [0.05, 0.1) is 16.8 Å². The molecule has 0 saturated carbocycles. The Hall–Kier alpha value is -2.72. The lowest BCUT2D eigenvalue weighted by Gasteiger charge is -2.37. The van der Waals surface area contributed by atoms with Gasteiger partial charge in [-0.2, -0.15) is 0 Å². The summed E-state index contributed by atoms with van der Waals surface area (Å²) >= 11 is 0. The summed E-state index contributed by atoms with van der Waals surface area (Å²) in [6.07, 6.45) is 2.74. The van der Waals surface area contributed by atoms with Crippen LogP contribution in [0.25, 0.3) is 10.9 Å². The van der Waals surface area contributed by atoms with Crippen molar-refractivity contribution in [2.24, 2.45) is 0 Å². The zero-order valence-electron chi connectivity index (χ0n) is 16.7. The predicted octanol–water partition coefficient (Wildman–Crippen LogP) is 4.17. The van der Waals surface area contributed by atoms with Crippen LogP contribution >= 0.6 is 0 Å². The summed E-state index contributed by atoms with van der Waals surface area (Å²) in [5, 5.41) is 1.09. The van der Waals surface area contributed by atoms with E-state index >= 15 is 0 Å². The summed E-state index contributed by atoms with van der Waals surface area (Å²) in [7, 11) is 0. The third-order valence-electron chi connectivity index (χ3n) is 5.73. The van der Waals surface area contributed by atoms with Crippen molar-refractivity contribution >= 4 is 22.4 Å². The van der Waals surface area contributed by atoms with Gasteiger partial charge in [-0.3, -0.25) is 9.78 Å². The summed E-state index contributed by atoms with van der Waals surface area (Å²) in [4.78, 5) is 22.8. The van der Waals surface area contributed by atoms with Crippen LogP contribution in [0.15, 0.2) is 54.7 Å². The predicted molar refractivity (Wildman–Crippen MR) is 115 cm³/mol. The van der Waals surface area contributed by atoms with Crippen molar-refractivity contribution in [3.8, 4) is 0 Å². The topological polar surface area (TPSA) is 36.4 Å². The SMILES string of the molecule is CCc1ccc2ncc(C(=O)c3ccccc3)c(N3CCN(CC)CC3)c2c1. The molecular formula is C24H27N3O. The molecule has 0 atom stereocenters. The zero-order valence-corrected chi connectivity index (χ0v) is 16.7. The summed E-state index contributed by atoms with van der Waals surface area (Å²) in [5.41, 5.74) is 4.69. The number of benzene rings is 2. The van der Waals surface area contributed by atoms with E-state index < -0.39 is 0 Å². The Balaban J connectivity index is 1.85. The molecule has 2 aromatic carbocycles. The smallest absolute Gasteiger partial charge is 0.196 e. The fourth-order valence-corrected chi connectivity index (χ4v) is 3.99. The van der Waals surface area contributed by atoms with Gasteiger partial charge in [-0.25, -0.2) is 0 Å². The number of hydrogen-bond acceptors (Lipinski definition) is 4. The van der Waals surface area contributed by atoms with Gasteiger partial charge in [0, 0.05) is 43.3 Å². The third kappa shape index (κ3) is 3.52. The second-order valence-electron chi connectivity index (χ2n) is 7.34. The largest absolute Gasteiger partial charge is 0.368 e. The zero-order chi connectivity index (χ0) is 19.5. The molecule has 1 aliphatic rings. The molecule has 4 heteroatoms. The fraction of sp³-hybridized carbons (Fsp3) is 0.333. The Morgan fingerprint density at radius 2 is 1.75 bits per heavy atom. The number of nitrogens with zero attached hydrogens (tertiary/aromatic N) is 3. The van der Waals surface area contributed by atoms with Crippen LogP contribution in [-0.2, 0) is 6.42 Å². The second kappa shape index (κ2) is 8.11. The van der Waals surface area contributed by atoms with Crippen LogP contribution in [0.4, 0.5) is 5.69 Å². The summed E-state index contributed by atoms with van der Waals surface area (Å²) in [6.45, 7) is 9.33. The molecule has 4 nitrogen and oxygen atoms in total. The minimum absolute atomic E-state index is 0.0461. The number of ketones is 1. The molecule has 144 valence electrons. The van der Waals surface area contributed by atoms with E-state index in [4.69, 9.17) is 0 Å². The molecule has 0 spiro atoms. The molecule has 0 bridgehead atoms. The van der Waals surface area contributed by atoms with Crippen molar-refractivity contribution < 1.29 is 4.79 Å². The lowest BCUT2D eigenvalue weighted by molar-refractivity contribution is 0.103. The molecular weight excluding hydrogens is 346 g/mol. The fourth-order valence-electron chi connectivity index (χ4n) is 3.99. The Morgan fingerprint density at radius 3 is 2.43 bits per heavy atom. The first kappa shape index (κ1) is 18.6. The number of fused-ring (bicyclic) bond motifs is 1. The van der Waals surface area contributed by atoms with Gasteiger partial charge >= 0.3 is 0 Å². The van der Waals surface area contributed by atoms with Gasteiger partial charge in [0.15, 0.2) is 5.78 Å². The number of hydrogen-bond donors (Lipinski definition) is 0. The molecule has 1 aliphatic heterocycles. The number of anilines is 1. The molecule has 0 amide bonds. The quantitative estimate of drug-likeness (QED) is 0.629. The van der Waals surface area contributed by atoms with Crippen molar-refractivity contribution in [1.29, 1.82) is 0 Å². The van der Waals surface area contributed by atoms with E-state index in [1.807, 2.05) is 30.3 Å². The van der Waals surface area contributed by atoms with E-state index in [9.17, 15) is 4.79 Å². The van der Waals surface area contributed by atoms with E-state index in [0.29, 0.717) is 11.1 Å². The molecule has 2 heterocycles. The number of rotatable bonds is 5. The Kier molecular flexibility index (Phi) is 5.40. The number of piperazine rings is 1. The Labute approximate surface area is 166 Å². The molecule has 3 aromatic rings. The van der Waals surface area contributed by atoms with Gasteiger partial charge in [-0.05, 0) is 30.7 Å². The first-order valence-electron chi connectivity index (χ1n) is 10.2. The summed E-state index contributed by atoms with van der Waals surface area (Å²) in [5.74, 6) is 0.0461. The molecule has 0 unspecified atom stereocenters. The van der Waals surface area contributed by atoms with Crippen LogP contribution in [0.2, 0.25) is 0 Å². The monoisotopic (exact) mass is 373 g/mol. The first-order valence-corrected chi connectivity index (χ1v) is 10.2. The molecule has 1 fully saturated rings. The average molecular weight is 374 g/mol. The van der Waals surface area contributed by atoms with Gasteiger partial charge in [-0.1, -0.05) is 50.2 Å². The lowest BCUT2D eigenvalue weighted by Crippen LogP contribution is -2.46. The lowest BCUT2D eigenvalue weighted by atomic mass is 9.98. The molecule has 0 aliphatic carbocycles. The van der Waals surface area contributed by atoms with Crippen LogP contribution in [0.1, 0.15) is 35.3 Å². The Bertz CT molecular complexity index is 976. The van der Waals surface area contributed by atoms with Crippen molar-refractivity contribution in [3.05, 3.63) is 71.4 Å². The van der Waals surface area contributed by atoms with Crippen molar-refractivity contribution in [1.82, 2.24) is 9.88 Å². The van der Waals surface area contributed by atoms with E-state index in [1.165, 1.54) is 5.56 Å². The van der Waals surface area contributed by atoms with E-state index in [0.717, 1.165) is 55.7 Å². The highest BCUT2D eigenvalue weighted by atomic mass is 16.1. The van der Waals surface area contributed by atoms with Crippen molar-refractivity contribution in [2.75, 3.05) is 37.6 Å². The van der Waals surface area contributed by atoms with Gasteiger partial charge in [0.25, 0.3) is 0 Å². The summed E-state index contributed by atoms with van der Waals surface area (Å²) < 4.78 is 0. The van der Waals surface area contributed by atoms with Crippen LogP contribution in [0.3, 0.4) is 0 Å². The highest BCUT2D eigenvalue weighted by Gasteiger charge is 2.24.